The SMILES string of the molecule is C=C(/C=C\C)CSc1nc2c(c(OCC(=O)OC)n1)CCC2. The molecule has 0 saturated carbocycles. The van der Waals surface area contributed by atoms with Crippen molar-refractivity contribution in [3.63, 3.8) is 0 Å². The first-order chi connectivity index (χ1) is 10.6. The largest absolute Gasteiger partial charge is 0.466 e. The third kappa shape index (κ3) is 4.34. The Bertz CT molecular complexity index is 599. The van der Waals surface area contributed by atoms with Gasteiger partial charge in [0.2, 0.25) is 5.88 Å². The number of carbonyl (C=O) groups is 1. The summed E-state index contributed by atoms with van der Waals surface area (Å²) in [6.07, 6.45) is 6.78. The molecule has 118 valence electrons. The average Bonchev–Trinajstić information content (AvgIpc) is 2.99. The number of fused-ring (bicyclic) bond motifs is 1. The first kappa shape index (κ1) is 16.5. The van der Waals surface area contributed by atoms with Gasteiger partial charge in [-0.05, 0) is 31.8 Å². The lowest BCUT2D eigenvalue weighted by atomic mass is 10.2. The van der Waals surface area contributed by atoms with E-state index in [0.29, 0.717) is 11.0 Å². The Morgan fingerprint density at radius 1 is 1.41 bits per heavy atom. The van der Waals surface area contributed by atoms with E-state index in [0.717, 1.165) is 41.8 Å². The fourth-order valence-electron chi connectivity index (χ4n) is 2.19. The number of rotatable bonds is 7. The number of allylic oxidation sites excluding steroid dienone is 2. The van der Waals surface area contributed by atoms with Gasteiger partial charge in [-0.15, -0.1) is 0 Å². The maximum Gasteiger partial charge on any atom is 0.343 e. The maximum absolute atomic E-state index is 11.2. The van der Waals surface area contributed by atoms with Gasteiger partial charge in [0, 0.05) is 11.3 Å². The van der Waals surface area contributed by atoms with E-state index in [2.05, 4.69) is 21.3 Å². The van der Waals surface area contributed by atoms with Crippen molar-refractivity contribution in [2.45, 2.75) is 31.3 Å². The van der Waals surface area contributed by atoms with Crippen molar-refractivity contribution in [1.29, 1.82) is 0 Å². The molecule has 0 aliphatic heterocycles. The molecule has 0 bridgehead atoms. The van der Waals surface area contributed by atoms with Crippen LogP contribution in [-0.2, 0) is 22.4 Å². The summed E-state index contributed by atoms with van der Waals surface area (Å²) in [5.74, 6) is 0.813. The van der Waals surface area contributed by atoms with Crippen molar-refractivity contribution < 1.29 is 14.3 Å². The first-order valence-corrected chi connectivity index (χ1v) is 8.15. The van der Waals surface area contributed by atoms with Gasteiger partial charge >= 0.3 is 5.97 Å². The smallest absolute Gasteiger partial charge is 0.343 e. The number of nitrogens with zero attached hydrogens (tertiary/aromatic N) is 2. The molecule has 0 radical (unpaired) electrons. The second-order valence-corrected chi connectivity index (χ2v) is 5.84. The molecule has 0 spiro atoms. The first-order valence-electron chi connectivity index (χ1n) is 7.16. The van der Waals surface area contributed by atoms with Gasteiger partial charge in [0.25, 0.3) is 0 Å². The molecule has 5 nitrogen and oxygen atoms in total. The summed E-state index contributed by atoms with van der Waals surface area (Å²) in [6.45, 7) is 5.80. The van der Waals surface area contributed by atoms with Crippen molar-refractivity contribution in [3.05, 3.63) is 35.6 Å². The molecule has 1 aliphatic rings. The van der Waals surface area contributed by atoms with Crippen LogP contribution in [0.5, 0.6) is 5.88 Å². The van der Waals surface area contributed by atoms with E-state index in [1.54, 1.807) is 0 Å². The van der Waals surface area contributed by atoms with E-state index in [9.17, 15) is 4.79 Å². The van der Waals surface area contributed by atoms with Crippen molar-refractivity contribution in [2.24, 2.45) is 0 Å². The second kappa shape index (κ2) is 7.98. The number of thioether (sulfide) groups is 1. The Morgan fingerprint density at radius 3 is 2.95 bits per heavy atom. The van der Waals surface area contributed by atoms with Crippen molar-refractivity contribution in [1.82, 2.24) is 9.97 Å². The molecule has 1 aromatic heterocycles. The molecule has 0 aromatic carbocycles. The van der Waals surface area contributed by atoms with E-state index in [1.807, 2.05) is 19.1 Å². The van der Waals surface area contributed by atoms with Crippen LogP contribution in [0.4, 0.5) is 0 Å². The summed E-state index contributed by atoms with van der Waals surface area (Å²) >= 11 is 1.52. The number of hydrogen-bond acceptors (Lipinski definition) is 6. The van der Waals surface area contributed by atoms with Crippen LogP contribution in [0, 0.1) is 0 Å². The van der Waals surface area contributed by atoms with Gasteiger partial charge in [-0.2, -0.15) is 4.98 Å². The van der Waals surface area contributed by atoms with Gasteiger partial charge in [0.05, 0.1) is 12.8 Å². The quantitative estimate of drug-likeness (QED) is 0.333. The van der Waals surface area contributed by atoms with Crippen molar-refractivity contribution in [3.8, 4) is 5.88 Å². The Morgan fingerprint density at radius 2 is 2.23 bits per heavy atom. The van der Waals surface area contributed by atoms with Crippen LogP contribution in [0.25, 0.3) is 0 Å². The number of carbonyl (C=O) groups excluding carboxylic acids is 1. The number of ether oxygens (including phenoxy) is 2. The molecule has 2 rings (SSSR count). The zero-order valence-corrected chi connectivity index (χ0v) is 13.7. The fourth-order valence-corrected chi connectivity index (χ4v) is 2.92. The van der Waals surface area contributed by atoms with Crippen molar-refractivity contribution >= 4 is 17.7 Å². The minimum Gasteiger partial charge on any atom is -0.466 e. The van der Waals surface area contributed by atoms with Crippen LogP contribution >= 0.6 is 11.8 Å². The van der Waals surface area contributed by atoms with E-state index in [-0.39, 0.29) is 6.61 Å². The number of hydrogen-bond donors (Lipinski definition) is 0. The molecule has 6 heteroatoms. The average molecular weight is 320 g/mol. The fraction of sp³-hybridized carbons (Fsp3) is 0.438. The highest BCUT2D eigenvalue weighted by molar-refractivity contribution is 7.99. The number of aryl methyl sites for hydroxylation is 1. The van der Waals surface area contributed by atoms with Gasteiger partial charge in [-0.25, -0.2) is 9.78 Å². The molecule has 1 heterocycles. The van der Waals surface area contributed by atoms with Gasteiger partial charge in [-0.3, -0.25) is 0 Å². The lowest BCUT2D eigenvalue weighted by Crippen LogP contribution is -2.14. The Hall–Kier alpha value is -1.82. The molecule has 0 saturated heterocycles. The number of methoxy groups -OCH3 is 1. The van der Waals surface area contributed by atoms with Crippen LogP contribution in [0.2, 0.25) is 0 Å². The molecular formula is C16H20N2O3S. The summed E-state index contributed by atoms with van der Waals surface area (Å²) < 4.78 is 10.1. The topological polar surface area (TPSA) is 61.3 Å². The molecule has 0 atom stereocenters. The molecule has 0 N–H and O–H groups in total. The second-order valence-electron chi connectivity index (χ2n) is 4.90. The normalized spacial score (nSPS) is 13.2. The van der Waals surface area contributed by atoms with E-state index < -0.39 is 5.97 Å². The predicted octanol–water partition coefficient (Wildman–Crippen LogP) is 2.74. The van der Waals surface area contributed by atoms with Gasteiger partial charge in [0.15, 0.2) is 11.8 Å². The molecule has 1 aromatic rings. The number of esters is 1. The van der Waals surface area contributed by atoms with E-state index in [4.69, 9.17) is 4.74 Å². The summed E-state index contributed by atoms with van der Waals surface area (Å²) in [5.41, 5.74) is 3.04. The van der Waals surface area contributed by atoms with E-state index >= 15 is 0 Å². The monoisotopic (exact) mass is 320 g/mol. The lowest BCUT2D eigenvalue weighted by Gasteiger charge is -2.10. The predicted molar refractivity (Wildman–Crippen MR) is 86.2 cm³/mol. The van der Waals surface area contributed by atoms with Gasteiger partial charge in [-0.1, -0.05) is 30.5 Å². The van der Waals surface area contributed by atoms with Gasteiger partial charge in [0.1, 0.15) is 0 Å². The van der Waals surface area contributed by atoms with E-state index in [1.165, 1.54) is 18.9 Å². The highest BCUT2D eigenvalue weighted by atomic mass is 32.2. The molecular weight excluding hydrogens is 300 g/mol. The van der Waals surface area contributed by atoms with Crippen LogP contribution in [0.15, 0.2) is 29.5 Å². The minimum absolute atomic E-state index is 0.130. The van der Waals surface area contributed by atoms with Gasteiger partial charge < -0.3 is 9.47 Å². The highest BCUT2D eigenvalue weighted by Gasteiger charge is 2.21. The Kier molecular flexibility index (Phi) is 6.00. The lowest BCUT2D eigenvalue weighted by molar-refractivity contribution is -0.143. The zero-order valence-electron chi connectivity index (χ0n) is 12.9. The maximum atomic E-state index is 11.2. The molecule has 0 fully saturated rings. The summed E-state index contributed by atoms with van der Waals surface area (Å²) in [5, 5.41) is 0.658. The molecule has 1 aliphatic carbocycles. The standard InChI is InChI=1S/C16H20N2O3S/c1-4-6-11(2)10-22-16-17-13-8-5-7-12(13)15(18-16)21-9-14(19)20-3/h4,6H,2,5,7-10H2,1,3H3/b6-4-. The third-order valence-corrected chi connectivity index (χ3v) is 4.17. The molecule has 0 unspecified atom stereocenters. The summed E-state index contributed by atoms with van der Waals surface area (Å²) in [4.78, 5) is 20.3. The summed E-state index contributed by atoms with van der Waals surface area (Å²) in [6, 6.07) is 0. The minimum atomic E-state index is -0.416. The third-order valence-electron chi connectivity index (χ3n) is 3.22. The van der Waals surface area contributed by atoms with Crippen LogP contribution in [-0.4, -0.2) is 35.4 Å². The van der Waals surface area contributed by atoms with Crippen molar-refractivity contribution in [2.75, 3.05) is 19.5 Å². The Balaban J connectivity index is 2.11. The van der Waals surface area contributed by atoms with Crippen LogP contribution in [0.3, 0.4) is 0 Å². The van der Waals surface area contributed by atoms with Crippen LogP contribution in [0.1, 0.15) is 24.6 Å². The van der Waals surface area contributed by atoms with Crippen LogP contribution < -0.4 is 4.74 Å². The molecule has 22 heavy (non-hydrogen) atoms. The zero-order chi connectivity index (χ0) is 15.9. The highest BCUT2D eigenvalue weighted by Crippen LogP contribution is 2.30. The molecule has 0 amide bonds. The Labute approximate surface area is 134 Å². The number of aromatic nitrogens is 2. The summed E-state index contributed by atoms with van der Waals surface area (Å²) in [7, 11) is 1.34.